The van der Waals surface area contributed by atoms with Gasteiger partial charge in [0, 0.05) is 46.2 Å². The molecular formula is C11H17N5O2. The SMILES string of the molecule is CC(=O)N1CCN(C(=O)Nc2ccnn2C)CC1. The third-order valence-electron chi connectivity index (χ3n) is 3.07. The van der Waals surface area contributed by atoms with E-state index in [1.165, 1.54) is 0 Å². The van der Waals surface area contributed by atoms with Crippen LogP contribution in [-0.4, -0.2) is 57.7 Å². The van der Waals surface area contributed by atoms with Gasteiger partial charge >= 0.3 is 6.03 Å². The Kier molecular flexibility index (Phi) is 3.50. The summed E-state index contributed by atoms with van der Waals surface area (Å²) >= 11 is 0. The van der Waals surface area contributed by atoms with E-state index in [9.17, 15) is 9.59 Å². The van der Waals surface area contributed by atoms with E-state index in [1.807, 2.05) is 0 Å². The average molecular weight is 251 g/mol. The number of aryl methyl sites for hydroxylation is 1. The van der Waals surface area contributed by atoms with Crippen LogP contribution in [-0.2, 0) is 11.8 Å². The normalized spacial score (nSPS) is 15.7. The van der Waals surface area contributed by atoms with Crippen LogP contribution in [0.1, 0.15) is 6.92 Å². The fourth-order valence-electron chi connectivity index (χ4n) is 1.91. The molecule has 1 aliphatic heterocycles. The second kappa shape index (κ2) is 5.07. The number of urea groups is 1. The van der Waals surface area contributed by atoms with Crippen LogP contribution in [0.3, 0.4) is 0 Å². The number of carbonyl (C=O) groups is 2. The molecule has 1 fully saturated rings. The summed E-state index contributed by atoms with van der Waals surface area (Å²) in [5.41, 5.74) is 0. The van der Waals surface area contributed by atoms with Gasteiger partial charge in [-0.2, -0.15) is 5.10 Å². The molecule has 2 rings (SSSR count). The van der Waals surface area contributed by atoms with E-state index in [2.05, 4.69) is 10.4 Å². The number of nitrogens with one attached hydrogen (secondary N) is 1. The molecule has 7 heteroatoms. The molecule has 0 atom stereocenters. The van der Waals surface area contributed by atoms with E-state index in [0.717, 1.165) is 0 Å². The number of aromatic nitrogens is 2. The number of carbonyl (C=O) groups excluding carboxylic acids is 2. The van der Waals surface area contributed by atoms with Crippen molar-refractivity contribution < 1.29 is 9.59 Å². The number of hydrogen-bond donors (Lipinski definition) is 1. The van der Waals surface area contributed by atoms with Gasteiger partial charge in [0.2, 0.25) is 5.91 Å². The van der Waals surface area contributed by atoms with Gasteiger partial charge in [-0.25, -0.2) is 4.79 Å². The summed E-state index contributed by atoms with van der Waals surface area (Å²) in [4.78, 5) is 26.6. The van der Waals surface area contributed by atoms with Gasteiger partial charge in [0.15, 0.2) is 0 Å². The first-order chi connectivity index (χ1) is 8.58. The molecule has 0 unspecified atom stereocenters. The predicted octanol–water partition coefficient (Wildman–Crippen LogP) is 0.116. The Morgan fingerprint density at radius 1 is 1.22 bits per heavy atom. The van der Waals surface area contributed by atoms with Crippen molar-refractivity contribution in [3.05, 3.63) is 12.3 Å². The molecule has 7 nitrogen and oxygen atoms in total. The van der Waals surface area contributed by atoms with Crippen molar-refractivity contribution in [1.82, 2.24) is 19.6 Å². The van der Waals surface area contributed by atoms with Crippen molar-refractivity contribution in [2.75, 3.05) is 31.5 Å². The number of anilines is 1. The Balaban J connectivity index is 1.88. The maximum atomic E-state index is 12.0. The molecule has 0 aromatic carbocycles. The highest BCUT2D eigenvalue weighted by atomic mass is 16.2. The number of nitrogens with zero attached hydrogens (tertiary/aromatic N) is 4. The Labute approximate surface area is 105 Å². The Hall–Kier alpha value is -2.05. The van der Waals surface area contributed by atoms with Gasteiger partial charge in [-0.1, -0.05) is 0 Å². The molecule has 0 saturated carbocycles. The van der Waals surface area contributed by atoms with E-state index in [1.54, 1.807) is 40.7 Å². The van der Waals surface area contributed by atoms with Gasteiger partial charge < -0.3 is 9.80 Å². The molecule has 98 valence electrons. The van der Waals surface area contributed by atoms with Crippen LogP contribution in [0.15, 0.2) is 12.3 Å². The molecule has 0 bridgehead atoms. The van der Waals surface area contributed by atoms with Crippen molar-refractivity contribution in [1.29, 1.82) is 0 Å². The van der Waals surface area contributed by atoms with Crippen LogP contribution in [0.5, 0.6) is 0 Å². The zero-order chi connectivity index (χ0) is 13.1. The highest BCUT2D eigenvalue weighted by Crippen LogP contribution is 2.07. The molecule has 1 saturated heterocycles. The zero-order valence-corrected chi connectivity index (χ0v) is 10.6. The minimum Gasteiger partial charge on any atom is -0.339 e. The first kappa shape index (κ1) is 12.4. The second-order valence-corrected chi connectivity index (χ2v) is 4.26. The molecule has 2 heterocycles. The third-order valence-corrected chi connectivity index (χ3v) is 3.07. The lowest BCUT2D eigenvalue weighted by Crippen LogP contribution is -2.51. The standard InChI is InChI=1S/C11H17N5O2/c1-9(17)15-5-7-16(8-6-15)11(18)13-10-3-4-12-14(10)2/h3-4H,5-8H2,1-2H3,(H,13,18). The molecule has 0 spiro atoms. The zero-order valence-electron chi connectivity index (χ0n) is 10.6. The molecule has 1 aromatic heterocycles. The van der Waals surface area contributed by atoms with Crippen LogP contribution >= 0.6 is 0 Å². The lowest BCUT2D eigenvalue weighted by Gasteiger charge is -2.34. The van der Waals surface area contributed by atoms with E-state index >= 15 is 0 Å². The quantitative estimate of drug-likeness (QED) is 0.770. The topological polar surface area (TPSA) is 70.5 Å². The highest BCUT2D eigenvalue weighted by Gasteiger charge is 2.22. The van der Waals surface area contributed by atoms with Crippen molar-refractivity contribution in [2.24, 2.45) is 7.05 Å². The van der Waals surface area contributed by atoms with Gasteiger partial charge in [-0.3, -0.25) is 14.8 Å². The lowest BCUT2D eigenvalue weighted by atomic mass is 10.3. The van der Waals surface area contributed by atoms with Crippen LogP contribution < -0.4 is 5.32 Å². The maximum Gasteiger partial charge on any atom is 0.323 e. The van der Waals surface area contributed by atoms with Crippen molar-refractivity contribution in [3.8, 4) is 0 Å². The Bertz CT molecular complexity index is 448. The largest absolute Gasteiger partial charge is 0.339 e. The summed E-state index contributed by atoms with van der Waals surface area (Å²) < 4.78 is 1.60. The minimum atomic E-state index is -0.151. The lowest BCUT2D eigenvalue weighted by molar-refractivity contribution is -0.130. The summed E-state index contributed by atoms with van der Waals surface area (Å²) in [5, 5.41) is 6.77. The van der Waals surface area contributed by atoms with Crippen LogP contribution in [0.4, 0.5) is 10.6 Å². The van der Waals surface area contributed by atoms with Crippen LogP contribution in [0.2, 0.25) is 0 Å². The summed E-state index contributed by atoms with van der Waals surface area (Å²) in [6.07, 6.45) is 1.63. The van der Waals surface area contributed by atoms with Crippen molar-refractivity contribution in [3.63, 3.8) is 0 Å². The summed E-state index contributed by atoms with van der Waals surface area (Å²) in [6, 6.07) is 1.59. The highest BCUT2D eigenvalue weighted by molar-refractivity contribution is 5.88. The fraction of sp³-hybridized carbons (Fsp3) is 0.545. The number of amides is 3. The molecule has 18 heavy (non-hydrogen) atoms. The van der Waals surface area contributed by atoms with Crippen LogP contribution in [0.25, 0.3) is 0 Å². The van der Waals surface area contributed by atoms with Gasteiger partial charge in [0.05, 0.1) is 6.20 Å². The van der Waals surface area contributed by atoms with Gasteiger partial charge in [0.1, 0.15) is 5.82 Å². The summed E-state index contributed by atoms with van der Waals surface area (Å²) in [5.74, 6) is 0.718. The van der Waals surface area contributed by atoms with Crippen molar-refractivity contribution >= 4 is 17.8 Å². The van der Waals surface area contributed by atoms with Gasteiger partial charge in [-0.05, 0) is 0 Å². The Morgan fingerprint density at radius 2 is 1.83 bits per heavy atom. The van der Waals surface area contributed by atoms with E-state index in [0.29, 0.717) is 32.0 Å². The van der Waals surface area contributed by atoms with E-state index in [4.69, 9.17) is 0 Å². The molecular weight excluding hydrogens is 234 g/mol. The minimum absolute atomic E-state index is 0.0571. The molecule has 0 aliphatic carbocycles. The van der Waals surface area contributed by atoms with Crippen LogP contribution in [0, 0.1) is 0 Å². The van der Waals surface area contributed by atoms with Gasteiger partial charge in [-0.15, -0.1) is 0 Å². The number of rotatable bonds is 1. The Morgan fingerprint density at radius 3 is 2.33 bits per heavy atom. The molecule has 3 amide bonds. The summed E-state index contributed by atoms with van der Waals surface area (Å²) in [7, 11) is 1.77. The number of hydrogen-bond acceptors (Lipinski definition) is 3. The van der Waals surface area contributed by atoms with E-state index < -0.39 is 0 Å². The number of piperazine rings is 1. The molecule has 1 N–H and O–H groups in total. The molecule has 1 aliphatic rings. The van der Waals surface area contributed by atoms with E-state index in [-0.39, 0.29) is 11.9 Å². The van der Waals surface area contributed by atoms with Crippen molar-refractivity contribution in [2.45, 2.75) is 6.92 Å². The molecule has 0 radical (unpaired) electrons. The third kappa shape index (κ3) is 2.61. The first-order valence-electron chi connectivity index (χ1n) is 5.87. The average Bonchev–Trinajstić information content (AvgIpc) is 2.75. The predicted molar refractivity (Wildman–Crippen MR) is 66.1 cm³/mol. The summed E-state index contributed by atoms with van der Waals surface area (Å²) in [6.45, 7) is 3.85. The smallest absolute Gasteiger partial charge is 0.323 e. The fourth-order valence-corrected chi connectivity index (χ4v) is 1.91. The van der Waals surface area contributed by atoms with Gasteiger partial charge in [0.25, 0.3) is 0 Å². The molecule has 1 aromatic rings. The maximum absolute atomic E-state index is 12.0. The second-order valence-electron chi connectivity index (χ2n) is 4.26. The first-order valence-corrected chi connectivity index (χ1v) is 5.87. The monoisotopic (exact) mass is 251 g/mol.